The summed E-state index contributed by atoms with van der Waals surface area (Å²) in [7, 11) is 1.44. The van der Waals surface area contributed by atoms with Gasteiger partial charge in [-0.3, -0.25) is 14.9 Å². The lowest BCUT2D eigenvalue weighted by Gasteiger charge is -2.31. The lowest BCUT2D eigenvalue weighted by molar-refractivity contribution is -0.919. The number of benzene rings is 1. The van der Waals surface area contributed by atoms with Gasteiger partial charge in [0.1, 0.15) is 11.4 Å². The number of carbonyl (C=O) groups is 1. The quantitative estimate of drug-likeness (QED) is 0.631. The van der Waals surface area contributed by atoms with Crippen LogP contribution in [0.25, 0.3) is 0 Å². The van der Waals surface area contributed by atoms with E-state index in [1.165, 1.54) is 24.1 Å². The largest absolute Gasteiger partial charge is 0.496 e. The molecule has 1 atom stereocenters. The van der Waals surface area contributed by atoms with Gasteiger partial charge in [-0.1, -0.05) is 6.92 Å². The van der Waals surface area contributed by atoms with Crippen LogP contribution in [0.15, 0.2) is 18.2 Å². The summed E-state index contributed by atoms with van der Waals surface area (Å²) >= 11 is 0. The number of hydrogen-bond donors (Lipinski definition) is 2. The molecule has 23 heavy (non-hydrogen) atoms. The van der Waals surface area contributed by atoms with Crippen molar-refractivity contribution in [3.05, 3.63) is 28.3 Å². The van der Waals surface area contributed by atoms with Crippen LogP contribution in [0.4, 0.5) is 11.4 Å². The Hall–Kier alpha value is -2.15. The molecule has 0 radical (unpaired) electrons. The molecule has 1 saturated heterocycles. The molecule has 7 nitrogen and oxygen atoms in total. The average molecular weight is 322 g/mol. The topological polar surface area (TPSA) is 85.9 Å². The average Bonchev–Trinajstić information content (AvgIpc) is 2.55. The molecule has 1 aliphatic rings. The maximum absolute atomic E-state index is 12.4. The number of amides is 1. The Morgan fingerprint density at radius 3 is 2.65 bits per heavy atom. The van der Waals surface area contributed by atoms with Crippen LogP contribution in [-0.4, -0.2) is 37.1 Å². The molecule has 1 heterocycles. The molecule has 0 bridgehead atoms. The van der Waals surface area contributed by atoms with E-state index in [2.05, 4.69) is 12.2 Å². The lowest BCUT2D eigenvalue weighted by Crippen LogP contribution is -3.17. The number of likely N-dealkylation sites (tertiary alicyclic amines) is 1. The first kappa shape index (κ1) is 17.2. The van der Waals surface area contributed by atoms with Crippen molar-refractivity contribution in [3.63, 3.8) is 0 Å². The van der Waals surface area contributed by atoms with Gasteiger partial charge in [-0.05, 0) is 37.8 Å². The highest BCUT2D eigenvalue weighted by Crippen LogP contribution is 2.28. The van der Waals surface area contributed by atoms with Crippen molar-refractivity contribution in [2.75, 3.05) is 25.5 Å². The van der Waals surface area contributed by atoms with Gasteiger partial charge in [0.2, 0.25) is 0 Å². The third-order valence-electron chi connectivity index (χ3n) is 4.58. The van der Waals surface area contributed by atoms with Gasteiger partial charge in [-0.2, -0.15) is 0 Å². The fraction of sp³-hybridized carbons (Fsp3) is 0.562. The Labute approximate surface area is 135 Å². The molecule has 1 fully saturated rings. The van der Waals surface area contributed by atoms with Crippen LogP contribution in [0.5, 0.6) is 5.75 Å². The number of anilines is 1. The number of nitro benzene ring substituents is 1. The van der Waals surface area contributed by atoms with E-state index in [0.29, 0.717) is 11.7 Å². The normalized spacial score (nSPS) is 22.2. The standard InChI is InChI=1S/C16H23N3O4/c1-11-6-8-18(9-7-11)12(2)16(20)17-14-5-4-13(23-3)10-15(14)19(21)22/h4-5,10-12H,6-9H2,1-3H3,(H,17,20)/p+1/t12-/m1/s1. The molecule has 0 aromatic heterocycles. The predicted octanol–water partition coefficient (Wildman–Crippen LogP) is 1.25. The molecule has 0 unspecified atom stereocenters. The fourth-order valence-corrected chi connectivity index (χ4v) is 2.89. The number of rotatable bonds is 5. The molecule has 2 N–H and O–H groups in total. The molecule has 0 aliphatic carbocycles. The van der Waals surface area contributed by atoms with Crippen LogP contribution in [0.1, 0.15) is 26.7 Å². The molecule has 1 aromatic carbocycles. The van der Waals surface area contributed by atoms with E-state index < -0.39 is 4.92 Å². The Morgan fingerprint density at radius 1 is 1.43 bits per heavy atom. The summed E-state index contributed by atoms with van der Waals surface area (Å²) in [5, 5.41) is 13.9. The first-order valence-corrected chi connectivity index (χ1v) is 7.90. The van der Waals surface area contributed by atoms with E-state index in [1.54, 1.807) is 6.07 Å². The van der Waals surface area contributed by atoms with Gasteiger partial charge in [-0.15, -0.1) is 0 Å². The van der Waals surface area contributed by atoms with E-state index in [1.807, 2.05) is 6.92 Å². The number of nitrogens with one attached hydrogen (secondary N) is 2. The maximum atomic E-state index is 12.4. The summed E-state index contributed by atoms with van der Waals surface area (Å²) in [6, 6.07) is 4.19. The Bertz CT molecular complexity index is 583. The van der Waals surface area contributed by atoms with Gasteiger partial charge < -0.3 is 15.0 Å². The monoisotopic (exact) mass is 322 g/mol. The fourth-order valence-electron chi connectivity index (χ4n) is 2.89. The maximum Gasteiger partial charge on any atom is 0.296 e. The molecule has 1 amide bonds. The minimum atomic E-state index is -0.516. The third kappa shape index (κ3) is 4.19. The number of nitro groups is 1. The summed E-state index contributed by atoms with van der Waals surface area (Å²) in [6.07, 6.45) is 2.21. The number of hydrogen-bond acceptors (Lipinski definition) is 4. The second-order valence-electron chi connectivity index (χ2n) is 6.19. The summed E-state index contributed by atoms with van der Waals surface area (Å²) in [5.74, 6) is 0.901. The Kier molecular flexibility index (Phi) is 5.54. The molecule has 7 heteroatoms. The van der Waals surface area contributed by atoms with Gasteiger partial charge >= 0.3 is 0 Å². The second kappa shape index (κ2) is 7.41. The highest BCUT2D eigenvalue weighted by Gasteiger charge is 2.30. The van der Waals surface area contributed by atoms with E-state index in [-0.39, 0.29) is 23.3 Å². The molecule has 126 valence electrons. The summed E-state index contributed by atoms with van der Waals surface area (Å²) in [6.45, 7) is 6.01. The highest BCUT2D eigenvalue weighted by atomic mass is 16.6. The predicted molar refractivity (Wildman–Crippen MR) is 86.8 cm³/mol. The van der Waals surface area contributed by atoms with Crippen LogP contribution in [0.3, 0.4) is 0 Å². The van der Waals surface area contributed by atoms with Crippen LogP contribution >= 0.6 is 0 Å². The molecule has 2 rings (SSSR count). The van der Waals surface area contributed by atoms with Crippen molar-refractivity contribution in [1.82, 2.24) is 0 Å². The van der Waals surface area contributed by atoms with Gasteiger partial charge in [-0.25, -0.2) is 0 Å². The van der Waals surface area contributed by atoms with Crippen molar-refractivity contribution in [2.24, 2.45) is 5.92 Å². The van der Waals surface area contributed by atoms with E-state index in [9.17, 15) is 14.9 Å². The zero-order valence-electron chi connectivity index (χ0n) is 13.8. The zero-order valence-corrected chi connectivity index (χ0v) is 13.8. The summed E-state index contributed by atoms with van der Waals surface area (Å²) in [4.78, 5) is 24.3. The molecular weight excluding hydrogens is 298 g/mol. The molecular formula is C16H24N3O4+. The summed E-state index contributed by atoms with van der Waals surface area (Å²) in [5.41, 5.74) is 0.0459. The summed E-state index contributed by atoms with van der Waals surface area (Å²) < 4.78 is 5.00. The van der Waals surface area contributed by atoms with Crippen molar-refractivity contribution in [2.45, 2.75) is 32.7 Å². The lowest BCUT2D eigenvalue weighted by atomic mass is 9.98. The molecule has 0 spiro atoms. The van der Waals surface area contributed by atoms with Crippen molar-refractivity contribution < 1.29 is 19.4 Å². The van der Waals surface area contributed by atoms with Crippen molar-refractivity contribution in [1.29, 1.82) is 0 Å². The third-order valence-corrected chi connectivity index (χ3v) is 4.58. The number of methoxy groups -OCH3 is 1. The first-order chi connectivity index (χ1) is 10.9. The van der Waals surface area contributed by atoms with E-state index in [0.717, 1.165) is 25.9 Å². The molecule has 0 saturated carbocycles. The van der Waals surface area contributed by atoms with Crippen LogP contribution in [0.2, 0.25) is 0 Å². The Balaban J connectivity index is 2.09. The number of carbonyl (C=O) groups excluding carboxylic acids is 1. The zero-order chi connectivity index (χ0) is 17.0. The Morgan fingerprint density at radius 2 is 2.09 bits per heavy atom. The molecule has 1 aliphatic heterocycles. The number of nitrogens with zero attached hydrogens (tertiary/aromatic N) is 1. The van der Waals surface area contributed by atoms with Crippen LogP contribution in [-0.2, 0) is 4.79 Å². The minimum absolute atomic E-state index is 0.160. The van der Waals surface area contributed by atoms with E-state index in [4.69, 9.17) is 4.74 Å². The SMILES string of the molecule is COc1ccc(NC(=O)[C@@H](C)[NH+]2CCC(C)CC2)c([N+](=O)[O-])c1. The van der Waals surface area contributed by atoms with Crippen LogP contribution in [0, 0.1) is 16.0 Å². The highest BCUT2D eigenvalue weighted by molar-refractivity contribution is 5.95. The molecule has 1 aromatic rings. The van der Waals surface area contributed by atoms with Crippen molar-refractivity contribution in [3.8, 4) is 5.75 Å². The second-order valence-corrected chi connectivity index (χ2v) is 6.19. The minimum Gasteiger partial charge on any atom is -0.496 e. The van der Waals surface area contributed by atoms with Crippen molar-refractivity contribution >= 4 is 17.3 Å². The number of piperidine rings is 1. The van der Waals surface area contributed by atoms with Gasteiger partial charge in [0.15, 0.2) is 6.04 Å². The van der Waals surface area contributed by atoms with E-state index >= 15 is 0 Å². The van der Waals surface area contributed by atoms with Crippen LogP contribution < -0.4 is 15.0 Å². The number of quaternary nitrogens is 1. The van der Waals surface area contributed by atoms with Gasteiger partial charge in [0.05, 0.1) is 31.2 Å². The van der Waals surface area contributed by atoms with Gasteiger partial charge in [0.25, 0.3) is 11.6 Å². The number of ether oxygens (including phenoxy) is 1. The smallest absolute Gasteiger partial charge is 0.296 e. The first-order valence-electron chi connectivity index (χ1n) is 7.90. The van der Waals surface area contributed by atoms with Gasteiger partial charge in [0, 0.05) is 0 Å².